The summed E-state index contributed by atoms with van der Waals surface area (Å²) in [7, 11) is 0. The lowest BCUT2D eigenvalue weighted by Crippen LogP contribution is -1.84. The normalized spacial score (nSPS) is 11.5. The molecule has 2 heteroatoms. The Hall–Kier alpha value is -3.52. The average Bonchev–Trinajstić information content (AvgIpc) is 2.72. The van der Waals surface area contributed by atoms with Crippen LogP contribution in [0.15, 0.2) is 85.2 Å². The van der Waals surface area contributed by atoms with Crippen molar-refractivity contribution in [2.24, 2.45) is 0 Å². The van der Waals surface area contributed by atoms with Gasteiger partial charge in [-0.15, -0.1) is 0 Å². The molecule has 0 unspecified atom stereocenters. The van der Waals surface area contributed by atoms with Crippen LogP contribution < -0.4 is 0 Å². The highest BCUT2D eigenvalue weighted by molar-refractivity contribution is 5.98. The number of hydrogen-bond acceptors (Lipinski definition) is 2. The summed E-state index contributed by atoms with van der Waals surface area (Å²) >= 11 is 0. The average molecular weight is 334 g/mol. The lowest BCUT2D eigenvalue weighted by atomic mass is 9.98. The summed E-state index contributed by atoms with van der Waals surface area (Å²) in [6.45, 7) is 0. The second kappa shape index (κ2) is 7.58. The molecule has 2 aromatic heterocycles. The van der Waals surface area contributed by atoms with Crippen LogP contribution in [0.2, 0.25) is 0 Å². The number of fused-ring (bicyclic) bond motifs is 1. The van der Waals surface area contributed by atoms with Gasteiger partial charge in [-0.05, 0) is 58.3 Å². The molecule has 2 aromatic carbocycles. The zero-order valence-corrected chi connectivity index (χ0v) is 14.3. The molecule has 0 aliphatic carbocycles. The van der Waals surface area contributed by atoms with Crippen LogP contribution in [0.4, 0.5) is 0 Å². The van der Waals surface area contributed by atoms with E-state index in [0.29, 0.717) is 0 Å². The highest BCUT2D eigenvalue weighted by Gasteiger charge is 2.02. The van der Waals surface area contributed by atoms with Crippen molar-refractivity contribution >= 4 is 35.1 Å². The molecule has 0 saturated carbocycles. The van der Waals surface area contributed by atoms with Gasteiger partial charge in [-0.25, -0.2) is 0 Å². The second-order valence-electron chi connectivity index (χ2n) is 5.97. The van der Waals surface area contributed by atoms with Crippen LogP contribution in [0.5, 0.6) is 0 Å². The van der Waals surface area contributed by atoms with Crippen LogP contribution in [-0.2, 0) is 0 Å². The van der Waals surface area contributed by atoms with E-state index in [2.05, 4.69) is 58.5 Å². The SMILES string of the molecule is C(=Cc1ccc(C=Cc2ccccn2)c2ccccc12)c1ccccn1. The molecule has 4 aromatic rings. The first-order valence-electron chi connectivity index (χ1n) is 8.60. The van der Waals surface area contributed by atoms with Gasteiger partial charge in [0.1, 0.15) is 0 Å². The van der Waals surface area contributed by atoms with Gasteiger partial charge in [0.05, 0.1) is 11.4 Å². The van der Waals surface area contributed by atoms with Gasteiger partial charge in [0.2, 0.25) is 0 Å². The molecule has 0 atom stereocenters. The fourth-order valence-electron chi connectivity index (χ4n) is 2.94. The molecule has 0 N–H and O–H groups in total. The van der Waals surface area contributed by atoms with Crippen molar-refractivity contribution in [2.75, 3.05) is 0 Å². The van der Waals surface area contributed by atoms with Gasteiger partial charge >= 0.3 is 0 Å². The maximum absolute atomic E-state index is 4.35. The van der Waals surface area contributed by atoms with Crippen molar-refractivity contribution in [3.63, 3.8) is 0 Å². The Morgan fingerprint density at radius 1 is 0.462 bits per heavy atom. The van der Waals surface area contributed by atoms with Gasteiger partial charge in [0.15, 0.2) is 0 Å². The van der Waals surface area contributed by atoms with Crippen molar-refractivity contribution in [3.8, 4) is 0 Å². The molecule has 0 aliphatic heterocycles. The van der Waals surface area contributed by atoms with Crippen LogP contribution in [0.1, 0.15) is 22.5 Å². The summed E-state index contributed by atoms with van der Waals surface area (Å²) in [5, 5.41) is 2.45. The van der Waals surface area contributed by atoms with Crippen LogP contribution in [0.25, 0.3) is 35.1 Å². The quantitative estimate of drug-likeness (QED) is 0.459. The number of benzene rings is 2. The molecule has 2 nitrogen and oxygen atoms in total. The van der Waals surface area contributed by atoms with E-state index in [-0.39, 0.29) is 0 Å². The molecule has 0 amide bonds. The van der Waals surface area contributed by atoms with Crippen molar-refractivity contribution in [2.45, 2.75) is 0 Å². The molecule has 4 rings (SSSR count). The van der Waals surface area contributed by atoms with Crippen LogP contribution in [0.3, 0.4) is 0 Å². The Balaban J connectivity index is 1.72. The summed E-state index contributed by atoms with van der Waals surface area (Å²) in [4.78, 5) is 8.70. The molecule has 26 heavy (non-hydrogen) atoms. The second-order valence-corrected chi connectivity index (χ2v) is 5.97. The molecule has 2 heterocycles. The predicted octanol–water partition coefficient (Wildman–Crippen LogP) is 5.97. The van der Waals surface area contributed by atoms with Gasteiger partial charge in [-0.1, -0.05) is 60.7 Å². The van der Waals surface area contributed by atoms with Gasteiger partial charge in [0, 0.05) is 12.4 Å². The largest absolute Gasteiger partial charge is 0.257 e. The van der Waals surface area contributed by atoms with Crippen LogP contribution >= 0.6 is 0 Å². The third-order valence-electron chi connectivity index (χ3n) is 4.23. The Labute approximate surface area is 153 Å². The Bertz CT molecular complexity index is 977. The monoisotopic (exact) mass is 334 g/mol. The molecular formula is C24H18N2. The maximum atomic E-state index is 4.35. The molecule has 0 spiro atoms. The third kappa shape index (κ3) is 3.60. The fourth-order valence-corrected chi connectivity index (χ4v) is 2.94. The third-order valence-corrected chi connectivity index (χ3v) is 4.23. The van der Waals surface area contributed by atoms with E-state index in [1.807, 2.05) is 60.9 Å². The Morgan fingerprint density at radius 2 is 0.923 bits per heavy atom. The zero-order chi connectivity index (χ0) is 17.6. The number of hydrogen-bond donors (Lipinski definition) is 0. The topological polar surface area (TPSA) is 25.8 Å². The number of nitrogens with zero attached hydrogens (tertiary/aromatic N) is 2. The molecule has 0 bridgehead atoms. The minimum absolute atomic E-state index is 0.954. The molecule has 0 saturated heterocycles. The van der Waals surface area contributed by atoms with E-state index in [4.69, 9.17) is 0 Å². The smallest absolute Gasteiger partial charge is 0.0629 e. The van der Waals surface area contributed by atoms with Crippen molar-refractivity contribution < 1.29 is 0 Å². The lowest BCUT2D eigenvalue weighted by molar-refractivity contribution is 1.30. The fraction of sp³-hybridized carbons (Fsp3) is 0. The molecule has 0 aliphatic rings. The highest BCUT2D eigenvalue weighted by atomic mass is 14.7. The maximum Gasteiger partial charge on any atom is 0.0629 e. The minimum Gasteiger partial charge on any atom is -0.257 e. The van der Waals surface area contributed by atoms with Crippen molar-refractivity contribution in [3.05, 3.63) is 108 Å². The minimum atomic E-state index is 0.954. The van der Waals surface area contributed by atoms with E-state index in [0.717, 1.165) is 11.4 Å². The van der Waals surface area contributed by atoms with Crippen LogP contribution in [-0.4, -0.2) is 9.97 Å². The summed E-state index contributed by atoms with van der Waals surface area (Å²) in [6.07, 6.45) is 12.0. The first-order valence-corrected chi connectivity index (χ1v) is 8.60. The number of rotatable bonds is 4. The lowest BCUT2D eigenvalue weighted by Gasteiger charge is -2.06. The van der Waals surface area contributed by atoms with Gasteiger partial charge in [-0.3, -0.25) is 9.97 Å². The van der Waals surface area contributed by atoms with E-state index in [1.54, 1.807) is 0 Å². The van der Waals surface area contributed by atoms with E-state index in [1.165, 1.54) is 21.9 Å². The van der Waals surface area contributed by atoms with E-state index < -0.39 is 0 Å². The molecule has 0 radical (unpaired) electrons. The highest BCUT2D eigenvalue weighted by Crippen LogP contribution is 2.25. The number of aromatic nitrogens is 2. The first-order chi connectivity index (χ1) is 12.9. The van der Waals surface area contributed by atoms with Crippen molar-refractivity contribution in [1.82, 2.24) is 9.97 Å². The summed E-state index contributed by atoms with van der Waals surface area (Å²) in [6, 6.07) is 24.6. The van der Waals surface area contributed by atoms with Crippen molar-refractivity contribution in [1.29, 1.82) is 0 Å². The zero-order valence-electron chi connectivity index (χ0n) is 14.3. The van der Waals surface area contributed by atoms with E-state index in [9.17, 15) is 0 Å². The van der Waals surface area contributed by atoms with E-state index >= 15 is 0 Å². The number of pyridine rings is 2. The standard InChI is InChI=1S/C24H18N2/c1-2-10-24-20(14-16-22-8-4-6-18-26-22)12-11-19(23(24)9-1)13-15-21-7-3-5-17-25-21/h1-18H. The molecule has 0 fully saturated rings. The summed E-state index contributed by atoms with van der Waals surface area (Å²) < 4.78 is 0. The van der Waals surface area contributed by atoms with Gasteiger partial charge in [0.25, 0.3) is 0 Å². The first kappa shape index (κ1) is 16.0. The summed E-state index contributed by atoms with van der Waals surface area (Å²) in [5.41, 5.74) is 4.27. The predicted molar refractivity (Wildman–Crippen MR) is 110 cm³/mol. The van der Waals surface area contributed by atoms with Crippen LogP contribution in [0, 0.1) is 0 Å². The molecular weight excluding hydrogens is 316 g/mol. The Kier molecular flexibility index (Phi) is 4.66. The van der Waals surface area contributed by atoms with Gasteiger partial charge < -0.3 is 0 Å². The molecule has 124 valence electrons. The Morgan fingerprint density at radius 3 is 1.35 bits per heavy atom. The van der Waals surface area contributed by atoms with Gasteiger partial charge in [-0.2, -0.15) is 0 Å². The summed E-state index contributed by atoms with van der Waals surface area (Å²) in [5.74, 6) is 0.